The van der Waals surface area contributed by atoms with Crippen LogP contribution in [-0.2, 0) is 17.0 Å². The number of amides is 1. The van der Waals surface area contributed by atoms with E-state index in [1.165, 1.54) is 10.6 Å². The van der Waals surface area contributed by atoms with E-state index in [1.807, 2.05) is 29.2 Å². The fourth-order valence-electron chi connectivity index (χ4n) is 4.24. The van der Waals surface area contributed by atoms with E-state index in [9.17, 15) is 4.79 Å². The quantitative estimate of drug-likeness (QED) is 0.558. The van der Waals surface area contributed by atoms with Crippen LogP contribution in [0, 0.1) is 5.92 Å². The van der Waals surface area contributed by atoms with E-state index >= 15 is 0 Å². The third-order valence-corrected chi connectivity index (χ3v) is 7.10. The van der Waals surface area contributed by atoms with E-state index in [4.69, 9.17) is 4.74 Å². The number of thioether (sulfide) groups is 1. The second-order valence-corrected chi connectivity index (χ2v) is 9.16. The Balaban J connectivity index is 1.12. The van der Waals surface area contributed by atoms with Gasteiger partial charge in [-0.05, 0) is 48.4 Å². The van der Waals surface area contributed by atoms with Gasteiger partial charge in [-0.25, -0.2) is 9.97 Å². The largest absolute Gasteiger partial charge is 0.492 e. The molecule has 0 spiro atoms. The van der Waals surface area contributed by atoms with Crippen LogP contribution in [0.15, 0.2) is 72.0 Å². The van der Waals surface area contributed by atoms with Crippen LogP contribution in [0.3, 0.4) is 0 Å². The van der Waals surface area contributed by atoms with Gasteiger partial charge in [-0.15, -0.1) is 11.8 Å². The molecule has 7 heteroatoms. The van der Waals surface area contributed by atoms with Gasteiger partial charge < -0.3 is 14.5 Å². The van der Waals surface area contributed by atoms with Gasteiger partial charge in [0.05, 0.1) is 11.6 Å². The molecule has 5 rings (SSSR count). The highest BCUT2D eigenvalue weighted by molar-refractivity contribution is 7.98. The average Bonchev–Trinajstić information content (AvgIpc) is 2.88. The van der Waals surface area contributed by atoms with Crippen molar-refractivity contribution < 1.29 is 9.53 Å². The molecular formula is C25H26N4O2S. The third-order valence-electron chi connectivity index (χ3n) is 6.05. The van der Waals surface area contributed by atoms with Crippen molar-refractivity contribution in [3.63, 3.8) is 0 Å². The van der Waals surface area contributed by atoms with Crippen LogP contribution in [0.5, 0.6) is 5.75 Å². The van der Waals surface area contributed by atoms with Crippen molar-refractivity contribution in [1.29, 1.82) is 0 Å². The SMILES string of the molecule is O=C(C1COc2ccccc2C1)N1CCN(c2ccc(SCc3ccncn3)cc2)CC1. The Morgan fingerprint density at radius 1 is 1.03 bits per heavy atom. The number of rotatable bonds is 5. The predicted molar refractivity (Wildman–Crippen MR) is 126 cm³/mol. The molecule has 1 aromatic heterocycles. The summed E-state index contributed by atoms with van der Waals surface area (Å²) in [6.45, 7) is 3.68. The minimum absolute atomic E-state index is 0.0809. The molecule has 1 unspecified atom stereocenters. The van der Waals surface area contributed by atoms with Crippen molar-refractivity contribution in [2.45, 2.75) is 17.1 Å². The van der Waals surface area contributed by atoms with Crippen LogP contribution in [0.4, 0.5) is 5.69 Å². The summed E-state index contributed by atoms with van der Waals surface area (Å²) in [6.07, 6.45) is 4.13. The van der Waals surface area contributed by atoms with Crippen LogP contribution in [0.2, 0.25) is 0 Å². The van der Waals surface area contributed by atoms with Crippen LogP contribution in [0.25, 0.3) is 0 Å². The molecule has 3 heterocycles. The highest BCUT2D eigenvalue weighted by Gasteiger charge is 2.31. The monoisotopic (exact) mass is 446 g/mol. The van der Waals surface area contributed by atoms with Crippen molar-refractivity contribution in [3.05, 3.63) is 78.4 Å². The summed E-state index contributed by atoms with van der Waals surface area (Å²) in [7, 11) is 0. The van der Waals surface area contributed by atoms with Gasteiger partial charge in [-0.2, -0.15) is 0 Å². The zero-order chi connectivity index (χ0) is 21.8. The number of hydrogen-bond donors (Lipinski definition) is 0. The third kappa shape index (κ3) is 4.72. The van der Waals surface area contributed by atoms with Crippen LogP contribution in [-0.4, -0.2) is 53.6 Å². The van der Waals surface area contributed by atoms with Crippen molar-refractivity contribution in [2.75, 3.05) is 37.7 Å². The van der Waals surface area contributed by atoms with Crippen LogP contribution < -0.4 is 9.64 Å². The number of para-hydroxylation sites is 1. The second-order valence-electron chi connectivity index (χ2n) is 8.12. The second kappa shape index (κ2) is 9.61. The first-order valence-corrected chi connectivity index (χ1v) is 12.0. The molecule has 0 N–H and O–H groups in total. The minimum Gasteiger partial charge on any atom is -0.492 e. The van der Waals surface area contributed by atoms with Crippen molar-refractivity contribution in [2.24, 2.45) is 5.92 Å². The summed E-state index contributed by atoms with van der Waals surface area (Å²) < 4.78 is 5.83. The molecule has 0 bridgehead atoms. The summed E-state index contributed by atoms with van der Waals surface area (Å²) in [6, 6.07) is 18.6. The Labute approximate surface area is 192 Å². The van der Waals surface area contributed by atoms with Gasteiger partial charge in [0.1, 0.15) is 18.7 Å². The molecule has 2 aliphatic heterocycles. The van der Waals surface area contributed by atoms with Gasteiger partial charge in [-0.3, -0.25) is 4.79 Å². The molecular weight excluding hydrogens is 420 g/mol. The standard InChI is InChI=1S/C25H26N4O2S/c30-25(20-15-19-3-1-2-4-24(19)31-16-20)29-13-11-28(12-14-29)22-5-7-23(8-6-22)32-17-21-9-10-26-18-27-21/h1-10,18,20H,11-17H2. The molecule has 6 nitrogen and oxygen atoms in total. The Hall–Kier alpha value is -3.06. The molecule has 1 saturated heterocycles. The molecule has 2 aliphatic rings. The zero-order valence-corrected chi connectivity index (χ0v) is 18.7. The summed E-state index contributed by atoms with van der Waals surface area (Å²) in [5, 5.41) is 0. The maximum absolute atomic E-state index is 13.1. The number of carbonyl (C=O) groups is 1. The van der Waals surface area contributed by atoms with E-state index in [1.54, 1.807) is 24.3 Å². The highest BCUT2D eigenvalue weighted by Crippen LogP contribution is 2.29. The first-order chi connectivity index (χ1) is 15.8. The molecule has 164 valence electrons. The van der Waals surface area contributed by atoms with E-state index in [-0.39, 0.29) is 11.8 Å². The predicted octanol–water partition coefficient (Wildman–Crippen LogP) is 3.67. The first-order valence-electron chi connectivity index (χ1n) is 11.0. The van der Waals surface area contributed by atoms with Crippen LogP contribution in [0.1, 0.15) is 11.3 Å². The number of carbonyl (C=O) groups excluding carboxylic acids is 1. The Bertz CT molecular complexity index is 1050. The number of hydrogen-bond acceptors (Lipinski definition) is 6. The highest BCUT2D eigenvalue weighted by atomic mass is 32.2. The number of fused-ring (bicyclic) bond motifs is 1. The topological polar surface area (TPSA) is 58.6 Å². The van der Waals surface area contributed by atoms with Crippen molar-refractivity contribution in [3.8, 4) is 5.75 Å². The lowest BCUT2D eigenvalue weighted by Crippen LogP contribution is -2.51. The number of ether oxygens (including phenoxy) is 1. The summed E-state index contributed by atoms with van der Waals surface area (Å²) in [4.78, 5) is 26.9. The lowest BCUT2D eigenvalue weighted by Gasteiger charge is -2.38. The number of anilines is 1. The molecule has 0 saturated carbocycles. The smallest absolute Gasteiger partial charge is 0.229 e. The van der Waals surface area contributed by atoms with E-state index in [2.05, 4.69) is 45.2 Å². The molecule has 1 atom stereocenters. The zero-order valence-electron chi connectivity index (χ0n) is 17.9. The lowest BCUT2D eigenvalue weighted by molar-refractivity contribution is -0.137. The average molecular weight is 447 g/mol. The minimum atomic E-state index is -0.0809. The number of benzene rings is 2. The maximum atomic E-state index is 13.1. The lowest BCUT2D eigenvalue weighted by atomic mass is 9.95. The van der Waals surface area contributed by atoms with Gasteiger partial charge >= 0.3 is 0 Å². The first kappa shape index (κ1) is 20.8. The number of aromatic nitrogens is 2. The Morgan fingerprint density at radius 3 is 2.62 bits per heavy atom. The summed E-state index contributed by atoms with van der Waals surface area (Å²) in [5.74, 6) is 1.89. The fraction of sp³-hybridized carbons (Fsp3) is 0.320. The summed E-state index contributed by atoms with van der Waals surface area (Å²) >= 11 is 1.77. The Kier molecular flexibility index (Phi) is 6.25. The number of nitrogens with zero attached hydrogens (tertiary/aromatic N) is 4. The molecule has 32 heavy (non-hydrogen) atoms. The van der Waals surface area contributed by atoms with E-state index in [0.717, 1.165) is 55.4 Å². The molecule has 3 aromatic rings. The maximum Gasteiger partial charge on any atom is 0.229 e. The molecule has 1 amide bonds. The Morgan fingerprint density at radius 2 is 1.84 bits per heavy atom. The molecule has 0 aliphatic carbocycles. The normalized spacial score (nSPS) is 18.1. The molecule has 1 fully saturated rings. The van der Waals surface area contributed by atoms with Crippen molar-refractivity contribution >= 4 is 23.4 Å². The van der Waals surface area contributed by atoms with Gasteiger partial charge in [0.25, 0.3) is 0 Å². The molecule has 0 radical (unpaired) electrons. The summed E-state index contributed by atoms with van der Waals surface area (Å²) in [5.41, 5.74) is 3.37. The van der Waals surface area contributed by atoms with E-state index in [0.29, 0.717) is 6.61 Å². The van der Waals surface area contributed by atoms with Gasteiger partial charge in [0.15, 0.2) is 0 Å². The van der Waals surface area contributed by atoms with Gasteiger partial charge in [0.2, 0.25) is 5.91 Å². The molecule has 2 aromatic carbocycles. The van der Waals surface area contributed by atoms with Crippen molar-refractivity contribution in [1.82, 2.24) is 14.9 Å². The number of piperazine rings is 1. The van der Waals surface area contributed by atoms with Crippen LogP contribution >= 0.6 is 11.8 Å². The van der Waals surface area contributed by atoms with E-state index < -0.39 is 0 Å². The van der Waals surface area contributed by atoms with Gasteiger partial charge in [-0.1, -0.05) is 18.2 Å². The van der Waals surface area contributed by atoms with Gasteiger partial charge in [0, 0.05) is 48.7 Å². The fourth-order valence-corrected chi connectivity index (χ4v) is 5.06.